The predicted molar refractivity (Wildman–Crippen MR) is 76.1 cm³/mol. The first-order valence-corrected chi connectivity index (χ1v) is 7.51. The van der Waals surface area contributed by atoms with Gasteiger partial charge in [-0.15, -0.1) is 11.8 Å². The van der Waals surface area contributed by atoms with Crippen LogP contribution in [0.4, 0.5) is 0 Å². The second-order valence-electron chi connectivity index (χ2n) is 5.06. The summed E-state index contributed by atoms with van der Waals surface area (Å²) in [6.45, 7) is 4.48. The maximum absolute atomic E-state index is 2.60. The molecule has 4 rings (SSSR count). The van der Waals surface area contributed by atoms with Crippen molar-refractivity contribution in [2.75, 3.05) is 12.3 Å². The normalized spacial score (nSPS) is 22.2. The topological polar surface area (TPSA) is 8.17 Å². The molecule has 2 aromatic rings. The van der Waals surface area contributed by atoms with Crippen LogP contribution < -0.4 is 0 Å². The zero-order valence-corrected chi connectivity index (χ0v) is 11.3. The van der Waals surface area contributed by atoms with Crippen molar-refractivity contribution in [2.45, 2.75) is 18.8 Å². The lowest BCUT2D eigenvalue weighted by atomic mass is 10.1. The first-order valence-electron chi connectivity index (χ1n) is 6.47. The van der Waals surface area contributed by atoms with Crippen LogP contribution in [-0.2, 0) is 6.54 Å². The van der Waals surface area contributed by atoms with Gasteiger partial charge in [-0.05, 0) is 30.7 Å². The van der Waals surface area contributed by atoms with Crippen LogP contribution in [0, 0.1) is 6.92 Å². The third-order valence-electron chi connectivity index (χ3n) is 3.95. The summed E-state index contributed by atoms with van der Waals surface area (Å²) < 4.78 is 2.44. The molecule has 18 heavy (non-hydrogen) atoms. The van der Waals surface area contributed by atoms with E-state index in [4.69, 9.17) is 0 Å². The van der Waals surface area contributed by atoms with E-state index in [0.717, 1.165) is 6.54 Å². The molecular formula is C15H16N2S. The standard InChI is InChI=1S/C15H16N2S/c1-11-6-7-14-15-16(8-9-18-15)10-12-4-2-3-5-13(12)17(11)14/h2-7,15H,8-10H2,1H3/t15-/m0/s1. The van der Waals surface area contributed by atoms with Gasteiger partial charge in [0.05, 0.1) is 16.8 Å². The van der Waals surface area contributed by atoms with Crippen molar-refractivity contribution in [2.24, 2.45) is 0 Å². The first-order chi connectivity index (χ1) is 8.84. The maximum Gasteiger partial charge on any atom is 0.0974 e. The molecule has 1 aromatic heterocycles. The van der Waals surface area contributed by atoms with E-state index in [1.807, 2.05) is 0 Å². The van der Waals surface area contributed by atoms with Crippen molar-refractivity contribution in [3.8, 4) is 5.69 Å². The number of fused-ring (bicyclic) bond motifs is 5. The number of aryl methyl sites for hydroxylation is 1. The molecule has 1 atom stereocenters. The van der Waals surface area contributed by atoms with Crippen LogP contribution in [0.15, 0.2) is 36.4 Å². The third-order valence-corrected chi connectivity index (χ3v) is 5.22. The summed E-state index contributed by atoms with van der Waals surface area (Å²) in [6.07, 6.45) is 0. The Morgan fingerprint density at radius 1 is 1.17 bits per heavy atom. The fraction of sp³-hybridized carbons (Fsp3) is 0.333. The van der Waals surface area contributed by atoms with Crippen molar-refractivity contribution in [3.05, 3.63) is 53.3 Å². The lowest BCUT2D eigenvalue weighted by Gasteiger charge is -2.20. The summed E-state index contributed by atoms with van der Waals surface area (Å²) in [4.78, 5) is 2.60. The maximum atomic E-state index is 2.60. The fourth-order valence-electron chi connectivity index (χ4n) is 3.10. The van der Waals surface area contributed by atoms with Gasteiger partial charge in [0.1, 0.15) is 0 Å². The SMILES string of the molecule is Cc1ccc2n1-c1ccccc1CN1CCS[C@@H]21. The van der Waals surface area contributed by atoms with Gasteiger partial charge in [-0.2, -0.15) is 0 Å². The van der Waals surface area contributed by atoms with E-state index in [1.54, 1.807) is 0 Å². The van der Waals surface area contributed by atoms with Gasteiger partial charge < -0.3 is 4.57 Å². The number of thioether (sulfide) groups is 1. The molecule has 1 aromatic carbocycles. The molecule has 1 fully saturated rings. The minimum absolute atomic E-state index is 0.533. The molecular weight excluding hydrogens is 240 g/mol. The summed E-state index contributed by atoms with van der Waals surface area (Å²) >= 11 is 2.07. The first kappa shape index (κ1) is 10.7. The number of benzene rings is 1. The van der Waals surface area contributed by atoms with Gasteiger partial charge in [0.25, 0.3) is 0 Å². The lowest BCUT2D eigenvalue weighted by Crippen LogP contribution is -2.21. The van der Waals surface area contributed by atoms with Crippen LogP contribution in [0.1, 0.15) is 22.3 Å². The van der Waals surface area contributed by atoms with E-state index in [2.05, 4.69) is 64.6 Å². The Balaban J connectivity index is 2.01. The number of hydrogen-bond acceptors (Lipinski definition) is 2. The summed E-state index contributed by atoms with van der Waals surface area (Å²) in [5.41, 5.74) is 5.60. The number of hydrogen-bond donors (Lipinski definition) is 0. The monoisotopic (exact) mass is 256 g/mol. The Morgan fingerprint density at radius 3 is 3.00 bits per heavy atom. The molecule has 92 valence electrons. The van der Waals surface area contributed by atoms with E-state index in [0.29, 0.717) is 5.37 Å². The van der Waals surface area contributed by atoms with Gasteiger partial charge >= 0.3 is 0 Å². The van der Waals surface area contributed by atoms with Crippen molar-refractivity contribution < 1.29 is 0 Å². The highest BCUT2D eigenvalue weighted by molar-refractivity contribution is 7.99. The Labute approximate surface area is 112 Å². The Morgan fingerprint density at radius 2 is 2.06 bits per heavy atom. The van der Waals surface area contributed by atoms with Gasteiger partial charge in [-0.3, -0.25) is 4.90 Å². The van der Waals surface area contributed by atoms with E-state index >= 15 is 0 Å². The highest BCUT2D eigenvalue weighted by Gasteiger charge is 2.32. The average Bonchev–Trinajstić information content (AvgIpc) is 2.94. The Kier molecular flexibility index (Phi) is 2.32. The third kappa shape index (κ3) is 1.41. The van der Waals surface area contributed by atoms with Crippen molar-refractivity contribution >= 4 is 11.8 Å². The van der Waals surface area contributed by atoms with Gasteiger partial charge in [0.15, 0.2) is 0 Å². The average molecular weight is 256 g/mol. The summed E-state index contributed by atoms with van der Waals surface area (Å²) in [5, 5.41) is 0.533. The van der Waals surface area contributed by atoms with Crippen LogP contribution in [0.3, 0.4) is 0 Å². The molecule has 0 spiro atoms. The molecule has 2 aliphatic rings. The Bertz CT molecular complexity index is 602. The molecule has 0 N–H and O–H groups in total. The molecule has 0 radical (unpaired) electrons. The molecule has 2 nitrogen and oxygen atoms in total. The zero-order chi connectivity index (χ0) is 12.1. The van der Waals surface area contributed by atoms with Crippen molar-refractivity contribution in [1.29, 1.82) is 0 Å². The minimum atomic E-state index is 0.533. The summed E-state index contributed by atoms with van der Waals surface area (Å²) in [6, 6.07) is 13.4. The minimum Gasteiger partial charge on any atom is -0.315 e. The molecule has 0 amide bonds. The molecule has 0 bridgehead atoms. The molecule has 0 aliphatic carbocycles. The zero-order valence-electron chi connectivity index (χ0n) is 10.5. The Hall–Kier alpha value is -1.19. The molecule has 0 saturated carbocycles. The number of rotatable bonds is 0. The van der Waals surface area contributed by atoms with Gasteiger partial charge in [-0.25, -0.2) is 0 Å². The number of nitrogens with zero attached hydrogens (tertiary/aromatic N) is 2. The second-order valence-corrected chi connectivity index (χ2v) is 6.25. The second kappa shape index (κ2) is 3.90. The molecule has 1 saturated heterocycles. The van der Waals surface area contributed by atoms with Crippen molar-refractivity contribution in [3.63, 3.8) is 0 Å². The van der Waals surface area contributed by atoms with Crippen molar-refractivity contribution in [1.82, 2.24) is 9.47 Å². The molecule has 0 unspecified atom stereocenters. The predicted octanol–water partition coefficient (Wildman–Crippen LogP) is 3.35. The van der Waals surface area contributed by atoms with Crippen LogP contribution in [0.5, 0.6) is 0 Å². The van der Waals surface area contributed by atoms with E-state index in [-0.39, 0.29) is 0 Å². The van der Waals surface area contributed by atoms with Gasteiger partial charge in [-0.1, -0.05) is 18.2 Å². The smallest absolute Gasteiger partial charge is 0.0974 e. The van der Waals surface area contributed by atoms with Gasteiger partial charge in [0, 0.05) is 24.5 Å². The number of aromatic nitrogens is 1. The largest absolute Gasteiger partial charge is 0.315 e. The van der Waals surface area contributed by atoms with E-state index < -0.39 is 0 Å². The highest BCUT2D eigenvalue weighted by atomic mass is 32.2. The van der Waals surface area contributed by atoms with Gasteiger partial charge in [0.2, 0.25) is 0 Å². The summed E-state index contributed by atoms with van der Waals surface area (Å²) in [5.74, 6) is 1.25. The molecule has 3 heteroatoms. The lowest BCUT2D eigenvalue weighted by molar-refractivity contribution is 0.283. The van der Waals surface area contributed by atoms with Crippen LogP contribution >= 0.6 is 11.8 Å². The van der Waals surface area contributed by atoms with Crippen LogP contribution in [0.25, 0.3) is 5.69 Å². The molecule has 2 aliphatic heterocycles. The summed E-state index contributed by atoms with van der Waals surface area (Å²) in [7, 11) is 0. The van der Waals surface area contributed by atoms with E-state index in [1.165, 1.54) is 34.9 Å². The highest BCUT2D eigenvalue weighted by Crippen LogP contribution is 2.43. The van der Waals surface area contributed by atoms with E-state index in [9.17, 15) is 0 Å². The van der Waals surface area contributed by atoms with Crippen LogP contribution in [-0.4, -0.2) is 21.8 Å². The number of para-hydroxylation sites is 1. The fourth-order valence-corrected chi connectivity index (χ4v) is 4.41. The van der Waals surface area contributed by atoms with Crippen LogP contribution in [0.2, 0.25) is 0 Å². The molecule has 3 heterocycles. The quantitative estimate of drug-likeness (QED) is 0.714.